The molecule has 118 valence electrons. The van der Waals surface area contributed by atoms with Crippen LogP contribution < -0.4 is 5.32 Å². The van der Waals surface area contributed by atoms with Gasteiger partial charge < -0.3 is 10.2 Å². The van der Waals surface area contributed by atoms with Crippen molar-refractivity contribution in [3.8, 4) is 0 Å². The van der Waals surface area contributed by atoms with Crippen molar-refractivity contribution in [3.63, 3.8) is 0 Å². The summed E-state index contributed by atoms with van der Waals surface area (Å²) in [5.74, 6) is 0. The third-order valence-corrected chi connectivity index (χ3v) is 5.11. The summed E-state index contributed by atoms with van der Waals surface area (Å²) in [6.45, 7) is 12.4. The van der Waals surface area contributed by atoms with Gasteiger partial charge in [0, 0.05) is 18.6 Å². The van der Waals surface area contributed by atoms with Crippen molar-refractivity contribution < 1.29 is 0 Å². The van der Waals surface area contributed by atoms with Gasteiger partial charge in [-0.3, -0.25) is 4.90 Å². The zero-order valence-electron chi connectivity index (χ0n) is 13.7. The molecule has 0 saturated carbocycles. The molecule has 20 heavy (non-hydrogen) atoms. The highest BCUT2D eigenvalue weighted by Crippen LogP contribution is 2.20. The highest BCUT2D eigenvalue weighted by molar-refractivity contribution is 4.85. The number of nitrogens with one attached hydrogen (secondary N) is 1. The lowest BCUT2D eigenvalue weighted by molar-refractivity contribution is 0.229. The van der Waals surface area contributed by atoms with Gasteiger partial charge in [0.25, 0.3) is 0 Å². The van der Waals surface area contributed by atoms with Crippen LogP contribution in [-0.4, -0.2) is 61.2 Å². The number of hydrogen-bond donors (Lipinski definition) is 1. The Balaban J connectivity index is 1.57. The summed E-state index contributed by atoms with van der Waals surface area (Å²) in [6.07, 6.45) is 9.50. The predicted molar refractivity (Wildman–Crippen MR) is 87.3 cm³/mol. The monoisotopic (exact) mass is 281 g/mol. The van der Waals surface area contributed by atoms with E-state index in [1.54, 1.807) is 0 Å². The first kappa shape index (κ1) is 16.3. The molecule has 0 spiro atoms. The summed E-state index contributed by atoms with van der Waals surface area (Å²) in [6, 6.07) is 1.62. The third kappa shape index (κ3) is 5.01. The molecule has 3 heteroatoms. The van der Waals surface area contributed by atoms with Crippen LogP contribution in [0, 0.1) is 0 Å². The summed E-state index contributed by atoms with van der Waals surface area (Å²) >= 11 is 0. The molecule has 2 aliphatic heterocycles. The van der Waals surface area contributed by atoms with Gasteiger partial charge in [-0.1, -0.05) is 13.8 Å². The van der Waals surface area contributed by atoms with E-state index in [1.807, 2.05) is 0 Å². The summed E-state index contributed by atoms with van der Waals surface area (Å²) in [7, 11) is 0. The Bertz CT molecular complexity index is 251. The van der Waals surface area contributed by atoms with Gasteiger partial charge in [0.1, 0.15) is 0 Å². The van der Waals surface area contributed by atoms with Crippen LogP contribution in [-0.2, 0) is 0 Å². The van der Waals surface area contributed by atoms with Crippen LogP contribution in [0.2, 0.25) is 0 Å². The maximum Gasteiger partial charge on any atom is 0.0235 e. The highest BCUT2D eigenvalue weighted by atomic mass is 15.3. The van der Waals surface area contributed by atoms with Crippen LogP contribution in [0.25, 0.3) is 0 Å². The molecule has 2 fully saturated rings. The average molecular weight is 281 g/mol. The molecule has 2 saturated heterocycles. The van der Waals surface area contributed by atoms with Crippen molar-refractivity contribution in [2.24, 2.45) is 0 Å². The lowest BCUT2D eigenvalue weighted by Crippen LogP contribution is -2.36. The van der Waals surface area contributed by atoms with E-state index in [0.717, 1.165) is 12.1 Å². The molecule has 2 unspecified atom stereocenters. The van der Waals surface area contributed by atoms with Crippen molar-refractivity contribution in [1.29, 1.82) is 0 Å². The van der Waals surface area contributed by atoms with Crippen LogP contribution in [0.15, 0.2) is 0 Å². The zero-order valence-corrected chi connectivity index (χ0v) is 13.7. The van der Waals surface area contributed by atoms with Gasteiger partial charge in [0.2, 0.25) is 0 Å². The van der Waals surface area contributed by atoms with Gasteiger partial charge in [-0.2, -0.15) is 0 Å². The Kier molecular flexibility index (Phi) is 7.32. The summed E-state index contributed by atoms with van der Waals surface area (Å²) in [5, 5.41) is 3.67. The minimum absolute atomic E-state index is 0.743. The van der Waals surface area contributed by atoms with Crippen LogP contribution in [0.5, 0.6) is 0 Å². The van der Waals surface area contributed by atoms with E-state index < -0.39 is 0 Å². The normalized spacial score (nSPS) is 26.4. The first-order valence-corrected chi connectivity index (χ1v) is 9.03. The van der Waals surface area contributed by atoms with E-state index in [4.69, 9.17) is 0 Å². The molecule has 2 aliphatic rings. The van der Waals surface area contributed by atoms with Crippen molar-refractivity contribution in [2.45, 2.75) is 70.9 Å². The van der Waals surface area contributed by atoms with Crippen molar-refractivity contribution in [2.75, 3.05) is 39.3 Å². The highest BCUT2D eigenvalue weighted by Gasteiger charge is 2.28. The fourth-order valence-corrected chi connectivity index (χ4v) is 3.78. The number of nitrogens with zero attached hydrogens (tertiary/aromatic N) is 2. The maximum absolute atomic E-state index is 3.67. The van der Waals surface area contributed by atoms with Crippen LogP contribution in [0.4, 0.5) is 0 Å². The SMILES string of the molecule is CCCNC(CC)CCCN1CCC(N2CCCC2)C1. The van der Waals surface area contributed by atoms with Gasteiger partial charge >= 0.3 is 0 Å². The van der Waals surface area contributed by atoms with E-state index >= 15 is 0 Å². The average Bonchev–Trinajstić information content (AvgIpc) is 3.13. The molecule has 0 radical (unpaired) electrons. The fourth-order valence-electron chi connectivity index (χ4n) is 3.78. The van der Waals surface area contributed by atoms with Crippen molar-refractivity contribution >= 4 is 0 Å². The molecule has 0 aromatic heterocycles. The molecule has 2 rings (SSSR count). The van der Waals surface area contributed by atoms with Crippen molar-refractivity contribution in [1.82, 2.24) is 15.1 Å². The Morgan fingerprint density at radius 1 is 1.15 bits per heavy atom. The molecule has 3 nitrogen and oxygen atoms in total. The van der Waals surface area contributed by atoms with Gasteiger partial charge in [-0.15, -0.1) is 0 Å². The van der Waals surface area contributed by atoms with E-state index in [-0.39, 0.29) is 0 Å². The maximum atomic E-state index is 3.67. The summed E-state index contributed by atoms with van der Waals surface area (Å²) < 4.78 is 0. The Morgan fingerprint density at radius 3 is 2.65 bits per heavy atom. The van der Waals surface area contributed by atoms with Gasteiger partial charge in [-0.25, -0.2) is 0 Å². The van der Waals surface area contributed by atoms with Crippen LogP contribution >= 0.6 is 0 Å². The zero-order chi connectivity index (χ0) is 14.2. The third-order valence-electron chi connectivity index (χ3n) is 5.11. The first-order valence-electron chi connectivity index (χ1n) is 9.03. The van der Waals surface area contributed by atoms with Crippen LogP contribution in [0.1, 0.15) is 58.8 Å². The fraction of sp³-hybridized carbons (Fsp3) is 1.00. The molecule has 0 aliphatic carbocycles. The molecular weight excluding hydrogens is 246 g/mol. The molecule has 0 aromatic carbocycles. The smallest absolute Gasteiger partial charge is 0.0235 e. The molecule has 0 amide bonds. The molecule has 0 bridgehead atoms. The number of rotatable bonds is 9. The predicted octanol–water partition coefficient (Wildman–Crippen LogP) is 2.71. The molecule has 1 N–H and O–H groups in total. The molecule has 0 aromatic rings. The first-order chi connectivity index (χ1) is 9.83. The number of likely N-dealkylation sites (tertiary alicyclic amines) is 2. The number of hydrogen-bond acceptors (Lipinski definition) is 3. The largest absolute Gasteiger partial charge is 0.314 e. The Hall–Kier alpha value is -0.120. The quantitative estimate of drug-likeness (QED) is 0.701. The van der Waals surface area contributed by atoms with E-state index in [2.05, 4.69) is 29.0 Å². The van der Waals surface area contributed by atoms with E-state index in [9.17, 15) is 0 Å². The lowest BCUT2D eigenvalue weighted by atomic mass is 10.1. The summed E-state index contributed by atoms with van der Waals surface area (Å²) in [5.41, 5.74) is 0. The van der Waals surface area contributed by atoms with Crippen LogP contribution in [0.3, 0.4) is 0 Å². The van der Waals surface area contributed by atoms with Gasteiger partial charge in [0.15, 0.2) is 0 Å². The van der Waals surface area contributed by atoms with Crippen molar-refractivity contribution in [3.05, 3.63) is 0 Å². The van der Waals surface area contributed by atoms with Gasteiger partial charge in [0.05, 0.1) is 0 Å². The second-order valence-corrected chi connectivity index (χ2v) is 6.69. The van der Waals surface area contributed by atoms with E-state index in [1.165, 1.54) is 84.2 Å². The second kappa shape index (κ2) is 9.01. The minimum atomic E-state index is 0.743. The van der Waals surface area contributed by atoms with E-state index in [0.29, 0.717) is 0 Å². The topological polar surface area (TPSA) is 18.5 Å². The standard InChI is InChI=1S/C17H35N3/c1-3-10-18-16(4-2)8-7-11-19-14-9-17(15-19)20-12-5-6-13-20/h16-18H,3-15H2,1-2H3. The lowest BCUT2D eigenvalue weighted by Gasteiger charge is -2.24. The Morgan fingerprint density at radius 2 is 1.95 bits per heavy atom. The second-order valence-electron chi connectivity index (χ2n) is 6.69. The molecular formula is C17H35N3. The minimum Gasteiger partial charge on any atom is -0.314 e. The summed E-state index contributed by atoms with van der Waals surface area (Å²) in [4.78, 5) is 5.44. The molecule has 2 atom stereocenters. The van der Waals surface area contributed by atoms with Gasteiger partial charge in [-0.05, 0) is 77.7 Å². The molecule has 2 heterocycles. The Labute approximate surface area is 126 Å².